The molecule has 1 nitrogen and oxygen atoms in total. The fourth-order valence-corrected chi connectivity index (χ4v) is 1.62. The van der Waals surface area contributed by atoms with Gasteiger partial charge < -0.3 is 4.74 Å². The van der Waals surface area contributed by atoms with Crippen molar-refractivity contribution in [2.45, 2.75) is 19.8 Å². The van der Waals surface area contributed by atoms with Crippen LogP contribution < -0.4 is 4.74 Å². The molecule has 0 unspecified atom stereocenters. The highest BCUT2D eigenvalue weighted by atomic mass is 19.1. The van der Waals surface area contributed by atoms with Gasteiger partial charge in [-0.3, -0.25) is 0 Å². The summed E-state index contributed by atoms with van der Waals surface area (Å²) < 4.78 is 18.2. The van der Waals surface area contributed by atoms with Gasteiger partial charge in [-0.25, -0.2) is 4.39 Å². The van der Waals surface area contributed by atoms with Crippen molar-refractivity contribution in [1.29, 1.82) is 0 Å². The molecule has 0 aliphatic carbocycles. The van der Waals surface area contributed by atoms with Gasteiger partial charge in [0.05, 0.1) is 6.61 Å². The summed E-state index contributed by atoms with van der Waals surface area (Å²) in [6.07, 6.45) is 2.06. The average molecular weight is 166 g/mol. The molecule has 0 spiro atoms. The summed E-state index contributed by atoms with van der Waals surface area (Å²) in [4.78, 5) is 0. The monoisotopic (exact) mass is 166 g/mol. The molecule has 0 amide bonds. The summed E-state index contributed by atoms with van der Waals surface area (Å²) >= 11 is 0. The fourth-order valence-electron chi connectivity index (χ4n) is 1.62. The standard InChI is InChI=1S/C10H11FO/c1-7-5-8(11)6-10-9(7)3-2-4-12-10/h5-6H,2-4H2,1H3. The Morgan fingerprint density at radius 3 is 3.08 bits per heavy atom. The molecule has 1 aromatic carbocycles. The zero-order valence-electron chi connectivity index (χ0n) is 7.06. The Hall–Kier alpha value is -1.05. The van der Waals surface area contributed by atoms with Gasteiger partial charge in [-0.2, -0.15) is 0 Å². The Morgan fingerprint density at radius 2 is 2.25 bits per heavy atom. The van der Waals surface area contributed by atoms with E-state index >= 15 is 0 Å². The van der Waals surface area contributed by atoms with Crippen LogP contribution in [0.1, 0.15) is 17.5 Å². The lowest BCUT2D eigenvalue weighted by Gasteiger charge is -2.18. The first kappa shape index (κ1) is 7.59. The van der Waals surface area contributed by atoms with E-state index in [1.54, 1.807) is 6.07 Å². The molecule has 0 saturated heterocycles. The smallest absolute Gasteiger partial charge is 0.127 e. The second-order valence-electron chi connectivity index (χ2n) is 3.15. The summed E-state index contributed by atoms with van der Waals surface area (Å²) in [5.41, 5.74) is 2.17. The van der Waals surface area contributed by atoms with Crippen molar-refractivity contribution in [3.63, 3.8) is 0 Å². The van der Waals surface area contributed by atoms with Crippen LogP contribution in [-0.2, 0) is 6.42 Å². The molecule has 2 rings (SSSR count). The van der Waals surface area contributed by atoms with Crippen LogP contribution in [0.4, 0.5) is 4.39 Å². The lowest BCUT2D eigenvalue weighted by atomic mass is 10.0. The minimum Gasteiger partial charge on any atom is -0.493 e. The molecular weight excluding hydrogens is 155 g/mol. The predicted molar refractivity (Wildman–Crippen MR) is 45.0 cm³/mol. The van der Waals surface area contributed by atoms with Crippen molar-refractivity contribution >= 4 is 0 Å². The molecule has 0 fully saturated rings. The highest BCUT2D eigenvalue weighted by Gasteiger charge is 2.13. The van der Waals surface area contributed by atoms with Gasteiger partial charge in [0.25, 0.3) is 0 Å². The Balaban J connectivity index is 2.53. The predicted octanol–water partition coefficient (Wildman–Crippen LogP) is 2.46. The number of aryl methyl sites for hydroxylation is 1. The summed E-state index contributed by atoms with van der Waals surface area (Å²) in [5, 5.41) is 0. The maximum Gasteiger partial charge on any atom is 0.127 e. The van der Waals surface area contributed by atoms with Crippen LogP contribution in [0, 0.1) is 12.7 Å². The average Bonchev–Trinajstić information content (AvgIpc) is 2.04. The van der Waals surface area contributed by atoms with Crippen molar-refractivity contribution < 1.29 is 9.13 Å². The second kappa shape index (κ2) is 2.77. The van der Waals surface area contributed by atoms with Gasteiger partial charge in [0.15, 0.2) is 0 Å². The molecule has 12 heavy (non-hydrogen) atoms. The number of hydrogen-bond acceptors (Lipinski definition) is 1. The van der Waals surface area contributed by atoms with Crippen LogP contribution in [0.15, 0.2) is 12.1 Å². The minimum atomic E-state index is -0.201. The highest BCUT2D eigenvalue weighted by Crippen LogP contribution is 2.28. The summed E-state index contributed by atoms with van der Waals surface area (Å²) in [7, 11) is 0. The molecule has 0 bridgehead atoms. The molecule has 0 atom stereocenters. The Morgan fingerprint density at radius 1 is 1.42 bits per heavy atom. The third kappa shape index (κ3) is 1.17. The van der Waals surface area contributed by atoms with E-state index < -0.39 is 0 Å². The first-order valence-corrected chi connectivity index (χ1v) is 4.19. The van der Waals surface area contributed by atoms with Crippen molar-refractivity contribution in [2.24, 2.45) is 0 Å². The summed E-state index contributed by atoms with van der Waals surface area (Å²) in [5.74, 6) is 0.534. The van der Waals surface area contributed by atoms with Crippen LogP contribution >= 0.6 is 0 Å². The molecule has 0 N–H and O–H groups in total. The SMILES string of the molecule is Cc1cc(F)cc2c1CCCO2. The zero-order valence-corrected chi connectivity index (χ0v) is 7.06. The van der Waals surface area contributed by atoms with Crippen molar-refractivity contribution in [1.82, 2.24) is 0 Å². The maximum absolute atomic E-state index is 12.9. The van der Waals surface area contributed by atoms with E-state index in [1.807, 2.05) is 6.92 Å². The number of ether oxygens (including phenoxy) is 1. The minimum absolute atomic E-state index is 0.201. The lowest BCUT2D eigenvalue weighted by Crippen LogP contribution is -2.09. The molecule has 2 heteroatoms. The van der Waals surface area contributed by atoms with E-state index in [4.69, 9.17) is 4.74 Å². The van der Waals surface area contributed by atoms with Gasteiger partial charge >= 0.3 is 0 Å². The van der Waals surface area contributed by atoms with Gasteiger partial charge in [-0.1, -0.05) is 0 Å². The highest BCUT2D eigenvalue weighted by molar-refractivity contribution is 5.41. The Kier molecular flexibility index (Phi) is 1.75. The van der Waals surface area contributed by atoms with E-state index in [9.17, 15) is 4.39 Å². The Bertz CT molecular complexity index is 307. The van der Waals surface area contributed by atoms with Crippen molar-refractivity contribution in [2.75, 3.05) is 6.61 Å². The van der Waals surface area contributed by atoms with E-state index in [1.165, 1.54) is 11.6 Å². The van der Waals surface area contributed by atoms with E-state index in [0.29, 0.717) is 0 Å². The quantitative estimate of drug-likeness (QED) is 0.575. The number of benzene rings is 1. The molecule has 1 aliphatic heterocycles. The topological polar surface area (TPSA) is 9.23 Å². The first-order valence-electron chi connectivity index (χ1n) is 4.19. The van der Waals surface area contributed by atoms with E-state index in [-0.39, 0.29) is 5.82 Å². The van der Waals surface area contributed by atoms with E-state index in [0.717, 1.165) is 30.8 Å². The summed E-state index contributed by atoms with van der Waals surface area (Å²) in [6, 6.07) is 3.04. The first-order chi connectivity index (χ1) is 5.77. The molecule has 0 aromatic heterocycles. The van der Waals surface area contributed by atoms with Gasteiger partial charge in [0.2, 0.25) is 0 Å². The van der Waals surface area contributed by atoms with Gasteiger partial charge in [0, 0.05) is 6.07 Å². The number of halogens is 1. The normalized spacial score (nSPS) is 15.2. The molecule has 1 heterocycles. The van der Waals surface area contributed by atoms with Crippen LogP contribution in [-0.4, -0.2) is 6.61 Å². The van der Waals surface area contributed by atoms with E-state index in [2.05, 4.69) is 0 Å². The van der Waals surface area contributed by atoms with Crippen LogP contribution in [0.25, 0.3) is 0 Å². The summed E-state index contributed by atoms with van der Waals surface area (Å²) in [6.45, 7) is 2.65. The molecule has 1 aromatic rings. The largest absolute Gasteiger partial charge is 0.493 e. The van der Waals surface area contributed by atoms with Gasteiger partial charge in [-0.05, 0) is 37.0 Å². The fraction of sp³-hybridized carbons (Fsp3) is 0.400. The van der Waals surface area contributed by atoms with Crippen molar-refractivity contribution in [3.8, 4) is 5.75 Å². The number of hydrogen-bond donors (Lipinski definition) is 0. The maximum atomic E-state index is 12.9. The molecule has 64 valence electrons. The molecule has 0 saturated carbocycles. The van der Waals surface area contributed by atoms with Crippen LogP contribution in [0.2, 0.25) is 0 Å². The third-order valence-corrected chi connectivity index (χ3v) is 2.23. The van der Waals surface area contributed by atoms with Crippen LogP contribution in [0.3, 0.4) is 0 Å². The lowest BCUT2D eigenvalue weighted by molar-refractivity contribution is 0.286. The Labute approximate surface area is 71.2 Å². The van der Waals surface area contributed by atoms with Crippen molar-refractivity contribution in [3.05, 3.63) is 29.1 Å². The van der Waals surface area contributed by atoms with Gasteiger partial charge in [-0.15, -0.1) is 0 Å². The number of rotatable bonds is 0. The van der Waals surface area contributed by atoms with Gasteiger partial charge in [0.1, 0.15) is 11.6 Å². The van der Waals surface area contributed by atoms with Crippen LogP contribution in [0.5, 0.6) is 5.75 Å². The third-order valence-electron chi connectivity index (χ3n) is 2.23. The molecule has 0 radical (unpaired) electrons. The molecule has 1 aliphatic rings. The zero-order chi connectivity index (χ0) is 8.55. The number of fused-ring (bicyclic) bond motifs is 1. The second-order valence-corrected chi connectivity index (χ2v) is 3.15. The molecular formula is C10H11FO.